The summed E-state index contributed by atoms with van der Waals surface area (Å²) in [6.07, 6.45) is 8.25. The lowest BCUT2D eigenvalue weighted by Crippen LogP contribution is -2.42. The van der Waals surface area contributed by atoms with Gasteiger partial charge in [-0.2, -0.15) is 0 Å². The summed E-state index contributed by atoms with van der Waals surface area (Å²) in [5, 5.41) is 9.88. The summed E-state index contributed by atoms with van der Waals surface area (Å²) in [4.78, 5) is 0. The highest BCUT2D eigenvalue weighted by molar-refractivity contribution is 4.91. The molecule has 0 heterocycles. The third kappa shape index (κ3) is 2.78. The van der Waals surface area contributed by atoms with Crippen LogP contribution in [0.4, 0.5) is 0 Å². The van der Waals surface area contributed by atoms with Crippen molar-refractivity contribution < 1.29 is 5.11 Å². The van der Waals surface area contributed by atoms with E-state index in [0.717, 1.165) is 25.2 Å². The van der Waals surface area contributed by atoms with E-state index >= 15 is 0 Å². The predicted molar refractivity (Wildman–Crippen MR) is 52.1 cm³/mol. The zero-order valence-electron chi connectivity index (χ0n) is 8.47. The van der Waals surface area contributed by atoms with E-state index < -0.39 is 0 Å². The van der Waals surface area contributed by atoms with Crippen molar-refractivity contribution in [3.8, 4) is 0 Å². The van der Waals surface area contributed by atoms with Gasteiger partial charge in [0.25, 0.3) is 0 Å². The molecule has 12 heavy (non-hydrogen) atoms. The molecule has 1 nitrogen and oxygen atoms in total. The highest BCUT2D eigenvalue weighted by atomic mass is 16.3. The molecule has 0 aliphatic heterocycles. The Bertz CT molecular complexity index is 125. The average molecular weight is 170 g/mol. The Labute approximate surface area is 76.2 Å². The molecule has 1 fully saturated rings. The predicted octanol–water partition coefficient (Wildman–Crippen LogP) is 3.12. The third-order valence-corrected chi connectivity index (χ3v) is 2.95. The quantitative estimate of drug-likeness (QED) is 0.628. The van der Waals surface area contributed by atoms with Crippen molar-refractivity contribution in [3.05, 3.63) is 0 Å². The van der Waals surface area contributed by atoms with Gasteiger partial charge in [-0.3, -0.25) is 0 Å². The van der Waals surface area contributed by atoms with Crippen LogP contribution in [0, 0.1) is 5.92 Å². The number of hydrogen-bond donors (Lipinski definition) is 1. The Balaban J connectivity index is 2.00. The van der Waals surface area contributed by atoms with Gasteiger partial charge >= 0.3 is 0 Å². The molecule has 0 aromatic rings. The molecule has 0 aromatic heterocycles. The minimum atomic E-state index is -0.257. The molecule has 0 unspecified atom stereocenters. The molecular weight excluding hydrogens is 148 g/mol. The van der Waals surface area contributed by atoms with Crippen LogP contribution in [0.2, 0.25) is 0 Å². The summed E-state index contributed by atoms with van der Waals surface area (Å²) in [5.41, 5.74) is -0.257. The van der Waals surface area contributed by atoms with Gasteiger partial charge in [0.2, 0.25) is 0 Å². The lowest BCUT2D eigenvalue weighted by Gasteiger charge is -2.42. The molecule has 1 heteroatoms. The largest absolute Gasteiger partial charge is 0.390 e. The minimum absolute atomic E-state index is 0.257. The molecule has 0 atom stereocenters. The molecule has 1 N–H and O–H groups in total. The normalized spacial score (nSPS) is 34.8. The first-order chi connectivity index (χ1) is 5.66. The van der Waals surface area contributed by atoms with E-state index in [9.17, 15) is 5.11 Å². The van der Waals surface area contributed by atoms with Crippen molar-refractivity contribution in [2.45, 2.75) is 64.4 Å². The van der Waals surface area contributed by atoms with E-state index in [2.05, 4.69) is 13.8 Å². The highest BCUT2D eigenvalue weighted by Crippen LogP contribution is 2.40. The zero-order valence-corrected chi connectivity index (χ0v) is 8.47. The second kappa shape index (κ2) is 4.27. The fraction of sp³-hybridized carbons (Fsp3) is 1.00. The Morgan fingerprint density at radius 3 is 2.42 bits per heavy atom. The van der Waals surface area contributed by atoms with Crippen molar-refractivity contribution >= 4 is 0 Å². The van der Waals surface area contributed by atoms with Gasteiger partial charge < -0.3 is 5.11 Å². The second-order valence-corrected chi connectivity index (χ2v) is 4.55. The van der Waals surface area contributed by atoms with E-state index in [4.69, 9.17) is 0 Å². The van der Waals surface area contributed by atoms with Gasteiger partial charge in [-0.15, -0.1) is 0 Å². The van der Waals surface area contributed by atoms with Crippen molar-refractivity contribution in [2.24, 2.45) is 5.92 Å². The topological polar surface area (TPSA) is 20.2 Å². The molecule has 0 bridgehead atoms. The second-order valence-electron chi connectivity index (χ2n) is 4.55. The molecule has 1 saturated carbocycles. The molecule has 0 spiro atoms. The zero-order chi connectivity index (χ0) is 9.03. The molecule has 0 aromatic carbocycles. The average Bonchev–Trinajstić information content (AvgIpc) is 1.96. The number of rotatable bonds is 5. The van der Waals surface area contributed by atoms with Crippen molar-refractivity contribution in [3.63, 3.8) is 0 Å². The van der Waals surface area contributed by atoms with Crippen molar-refractivity contribution in [1.82, 2.24) is 0 Å². The number of aliphatic hydroxyl groups is 1. The van der Waals surface area contributed by atoms with E-state index in [1.54, 1.807) is 0 Å². The molecule has 0 amide bonds. The monoisotopic (exact) mass is 170 g/mol. The molecule has 0 saturated heterocycles. The van der Waals surface area contributed by atoms with Gasteiger partial charge in [0, 0.05) is 0 Å². The molecule has 72 valence electrons. The lowest BCUT2D eigenvalue weighted by atomic mass is 9.69. The maximum Gasteiger partial charge on any atom is 0.0653 e. The first kappa shape index (κ1) is 10.0. The third-order valence-electron chi connectivity index (χ3n) is 2.95. The standard InChI is InChI=1S/C11H22O/c1-3-4-5-6-7-11(12)8-10(2)9-11/h10,12H,3-9H2,1-2H3. The highest BCUT2D eigenvalue weighted by Gasteiger charge is 2.38. The SMILES string of the molecule is CCCCCCC1(O)CC(C)C1. The van der Waals surface area contributed by atoms with Gasteiger partial charge in [-0.05, 0) is 25.2 Å². The fourth-order valence-electron chi connectivity index (χ4n) is 2.32. The van der Waals surface area contributed by atoms with Crippen LogP contribution < -0.4 is 0 Å². The van der Waals surface area contributed by atoms with Gasteiger partial charge in [0.15, 0.2) is 0 Å². The number of unbranched alkanes of at least 4 members (excludes halogenated alkanes) is 3. The minimum Gasteiger partial charge on any atom is -0.390 e. The maximum atomic E-state index is 9.88. The van der Waals surface area contributed by atoms with Crippen LogP contribution in [0.5, 0.6) is 0 Å². The summed E-state index contributed by atoms with van der Waals surface area (Å²) >= 11 is 0. The van der Waals surface area contributed by atoms with Gasteiger partial charge in [-0.25, -0.2) is 0 Å². The van der Waals surface area contributed by atoms with Crippen molar-refractivity contribution in [1.29, 1.82) is 0 Å². The Hall–Kier alpha value is -0.0400. The maximum absolute atomic E-state index is 9.88. The molecule has 1 rings (SSSR count). The van der Waals surface area contributed by atoms with E-state index in [0.29, 0.717) is 0 Å². The first-order valence-electron chi connectivity index (χ1n) is 5.39. The first-order valence-corrected chi connectivity index (χ1v) is 5.39. The summed E-state index contributed by atoms with van der Waals surface area (Å²) in [5.74, 6) is 0.765. The molecular formula is C11H22O. The Morgan fingerprint density at radius 1 is 1.25 bits per heavy atom. The van der Waals surface area contributed by atoms with Crippen molar-refractivity contribution in [2.75, 3.05) is 0 Å². The van der Waals surface area contributed by atoms with E-state index in [1.807, 2.05) is 0 Å². The van der Waals surface area contributed by atoms with Crippen LogP contribution >= 0.6 is 0 Å². The summed E-state index contributed by atoms with van der Waals surface area (Å²) in [6.45, 7) is 4.45. The van der Waals surface area contributed by atoms with Crippen LogP contribution in [0.25, 0.3) is 0 Å². The smallest absolute Gasteiger partial charge is 0.0653 e. The molecule has 0 radical (unpaired) electrons. The molecule has 1 aliphatic carbocycles. The van der Waals surface area contributed by atoms with Crippen LogP contribution in [-0.4, -0.2) is 10.7 Å². The van der Waals surface area contributed by atoms with Crippen LogP contribution in [-0.2, 0) is 0 Å². The summed E-state index contributed by atoms with van der Waals surface area (Å²) in [7, 11) is 0. The van der Waals surface area contributed by atoms with E-state index in [1.165, 1.54) is 25.7 Å². The lowest BCUT2D eigenvalue weighted by molar-refractivity contribution is -0.0750. The molecule has 1 aliphatic rings. The summed E-state index contributed by atoms with van der Waals surface area (Å²) < 4.78 is 0. The van der Waals surface area contributed by atoms with Crippen LogP contribution in [0.1, 0.15) is 58.8 Å². The number of hydrogen-bond acceptors (Lipinski definition) is 1. The van der Waals surface area contributed by atoms with Gasteiger partial charge in [0.05, 0.1) is 5.60 Å². The van der Waals surface area contributed by atoms with Crippen LogP contribution in [0.3, 0.4) is 0 Å². The Kier molecular flexibility index (Phi) is 3.57. The summed E-state index contributed by atoms with van der Waals surface area (Å²) in [6, 6.07) is 0. The van der Waals surface area contributed by atoms with E-state index in [-0.39, 0.29) is 5.60 Å². The van der Waals surface area contributed by atoms with Crippen LogP contribution in [0.15, 0.2) is 0 Å². The fourth-order valence-corrected chi connectivity index (χ4v) is 2.32. The van der Waals surface area contributed by atoms with Gasteiger partial charge in [-0.1, -0.05) is 39.5 Å². The van der Waals surface area contributed by atoms with Gasteiger partial charge in [0.1, 0.15) is 0 Å². The Morgan fingerprint density at radius 2 is 1.92 bits per heavy atom.